The van der Waals surface area contributed by atoms with Gasteiger partial charge in [0.15, 0.2) is 0 Å². The lowest BCUT2D eigenvalue weighted by molar-refractivity contribution is -0.384. The number of ether oxygens (including phenoxy) is 1. The molecule has 0 aliphatic carbocycles. The van der Waals surface area contributed by atoms with Crippen molar-refractivity contribution in [3.8, 4) is 0 Å². The van der Waals surface area contributed by atoms with Crippen LogP contribution in [0.25, 0.3) is 0 Å². The molecule has 0 aliphatic rings. The first-order valence-electron chi connectivity index (χ1n) is 4.38. The summed E-state index contributed by atoms with van der Waals surface area (Å²) in [5.74, 6) is 0.00672. The van der Waals surface area contributed by atoms with E-state index in [-0.39, 0.29) is 18.2 Å². The molecule has 0 spiro atoms. The van der Waals surface area contributed by atoms with E-state index in [1.54, 1.807) is 12.1 Å². The number of hydrogen-bond acceptors (Lipinski definition) is 4. The summed E-state index contributed by atoms with van der Waals surface area (Å²) in [7, 11) is 0. The highest BCUT2D eigenvalue weighted by Crippen LogP contribution is 2.19. The number of nitro benzene ring substituents is 1. The Kier molecular flexibility index (Phi) is 3.79. The Morgan fingerprint density at radius 3 is 2.53 bits per heavy atom. The predicted molar refractivity (Wildman–Crippen MR) is 53.2 cm³/mol. The molecule has 5 heteroatoms. The molecule has 79 valence electrons. The number of rotatable bonds is 5. The minimum absolute atomic E-state index is 0.00672. The van der Waals surface area contributed by atoms with Crippen LogP contribution >= 0.6 is 0 Å². The molecular weight excluding hydrogens is 198 g/mol. The van der Waals surface area contributed by atoms with Crippen LogP contribution in [0.1, 0.15) is 18.4 Å². The fourth-order valence-electron chi connectivity index (χ4n) is 1.18. The third-order valence-electron chi connectivity index (χ3n) is 2.07. The molecule has 0 saturated heterocycles. The lowest BCUT2D eigenvalue weighted by Crippen LogP contribution is -2.03. The number of carbonyl (C=O) groups excluding carboxylic acids is 1. The van der Waals surface area contributed by atoms with Gasteiger partial charge in [0.25, 0.3) is 5.69 Å². The van der Waals surface area contributed by atoms with E-state index in [4.69, 9.17) is 0 Å². The highest BCUT2D eigenvalue weighted by Gasteiger charge is 2.09. The largest absolute Gasteiger partial charge is 0.457 e. The van der Waals surface area contributed by atoms with Crippen LogP contribution in [0.5, 0.6) is 0 Å². The Morgan fingerprint density at radius 1 is 1.47 bits per heavy atom. The average Bonchev–Trinajstić information content (AvgIpc) is 2.26. The van der Waals surface area contributed by atoms with Crippen LogP contribution < -0.4 is 0 Å². The van der Waals surface area contributed by atoms with Gasteiger partial charge < -0.3 is 4.74 Å². The summed E-state index contributed by atoms with van der Waals surface area (Å²) >= 11 is 0. The SMILES string of the molecule is CC(CO[C]=O)c1ccc([N+](=O)[O-])cc1. The molecule has 0 aliphatic heterocycles. The number of benzene rings is 1. The van der Waals surface area contributed by atoms with Crippen LogP contribution in [0.4, 0.5) is 5.69 Å². The highest BCUT2D eigenvalue weighted by molar-refractivity contribution is 5.39. The zero-order valence-electron chi connectivity index (χ0n) is 8.17. The minimum atomic E-state index is -0.454. The quantitative estimate of drug-likeness (QED) is 0.546. The molecule has 0 heterocycles. The molecule has 0 N–H and O–H groups in total. The van der Waals surface area contributed by atoms with E-state index in [0.29, 0.717) is 0 Å². The third kappa shape index (κ3) is 3.05. The molecule has 0 saturated carbocycles. The fourth-order valence-corrected chi connectivity index (χ4v) is 1.18. The monoisotopic (exact) mass is 208 g/mol. The third-order valence-corrected chi connectivity index (χ3v) is 2.07. The van der Waals surface area contributed by atoms with Crippen LogP contribution in [0.15, 0.2) is 24.3 Å². The van der Waals surface area contributed by atoms with Gasteiger partial charge in [0, 0.05) is 18.1 Å². The molecule has 1 unspecified atom stereocenters. The van der Waals surface area contributed by atoms with Crippen LogP contribution in [-0.4, -0.2) is 18.0 Å². The molecule has 0 aromatic heterocycles. The van der Waals surface area contributed by atoms with Gasteiger partial charge in [-0.3, -0.25) is 10.1 Å². The molecular formula is C10H10NO4. The Hall–Kier alpha value is -1.91. The predicted octanol–water partition coefficient (Wildman–Crippen LogP) is 1.78. The van der Waals surface area contributed by atoms with E-state index < -0.39 is 4.92 Å². The Bertz CT molecular complexity index is 347. The molecule has 1 atom stereocenters. The van der Waals surface area contributed by atoms with E-state index >= 15 is 0 Å². The second kappa shape index (κ2) is 5.09. The molecule has 0 amide bonds. The summed E-state index contributed by atoms with van der Waals surface area (Å²) < 4.78 is 4.49. The zero-order chi connectivity index (χ0) is 11.3. The topological polar surface area (TPSA) is 69.4 Å². The second-order valence-electron chi connectivity index (χ2n) is 3.14. The van der Waals surface area contributed by atoms with Crippen LogP contribution in [0.2, 0.25) is 0 Å². The first-order chi connectivity index (χ1) is 7.15. The van der Waals surface area contributed by atoms with Crippen molar-refractivity contribution in [2.75, 3.05) is 6.61 Å². The summed E-state index contributed by atoms with van der Waals surface area (Å²) in [5.41, 5.74) is 0.935. The van der Waals surface area contributed by atoms with Crippen LogP contribution in [0.3, 0.4) is 0 Å². The van der Waals surface area contributed by atoms with Crippen molar-refractivity contribution < 1.29 is 14.5 Å². The highest BCUT2D eigenvalue weighted by atomic mass is 16.6. The first kappa shape index (κ1) is 11.2. The van der Waals surface area contributed by atoms with Gasteiger partial charge in [-0.05, 0) is 5.56 Å². The van der Waals surface area contributed by atoms with E-state index in [9.17, 15) is 14.9 Å². The molecule has 0 bridgehead atoms. The molecule has 1 aromatic rings. The lowest BCUT2D eigenvalue weighted by atomic mass is 10.0. The van der Waals surface area contributed by atoms with Gasteiger partial charge >= 0.3 is 6.47 Å². The van der Waals surface area contributed by atoms with E-state index in [2.05, 4.69) is 4.74 Å². The van der Waals surface area contributed by atoms with Crippen molar-refractivity contribution in [3.63, 3.8) is 0 Å². The molecule has 15 heavy (non-hydrogen) atoms. The molecule has 0 fully saturated rings. The smallest absolute Gasteiger partial charge is 0.417 e. The van der Waals surface area contributed by atoms with Gasteiger partial charge in [0.2, 0.25) is 0 Å². The molecule has 1 rings (SSSR count). The minimum Gasteiger partial charge on any atom is -0.457 e. The number of hydrogen-bond donors (Lipinski definition) is 0. The van der Waals surface area contributed by atoms with Crippen molar-refractivity contribution in [2.45, 2.75) is 12.8 Å². The van der Waals surface area contributed by atoms with Crippen LogP contribution in [0, 0.1) is 10.1 Å². The standard InChI is InChI=1S/C10H10NO4/c1-8(6-15-7-12)9-2-4-10(5-3-9)11(13)14/h2-5,8H,6H2,1H3. The summed E-state index contributed by atoms with van der Waals surface area (Å²) in [6.45, 7) is 3.42. The normalized spacial score (nSPS) is 11.8. The van der Waals surface area contributed by atoms with Gasteiger partial charge in [-0.15, -0.1) is 0 Å². The van der Waals surface area contributed by atoms with Gasteiger partial charge in [0.05, 0.1) is 11.5 Å². The van der Waals surface area contributed by atoms with Gasteiger partial charge in [0.1, 0.15) is 0 Å². The van der Waals surface area contributed by atoms with E-state index in [0.717, 1.165) is 5.56 Å². The Morgan fingerprint density at radius 2 is 2.07 bits per heavy atom. The van der Waals surface area contributed by atoms with Crippen molar-refractivity contribution in [3.05, 3.63) is 39.9 Å². The molecule has 5 nitrogen and oxygen atoms in total. The lowest BCUT2D eigenvalue weighted by Gasteiger charge is -2.08. The molecule has 1 aromatic carbocycles. The maximum Gasteiger partial charge on any atom is 0.417 e. The Labute approximate surface area is 86.8 Å². The Balaban J connectivity index is 2.70. The number of nitro groups is 1. The molecule has 1 radical (unpaired) electrons. The average molecular weight is 208 g/mol. The first-order valence-corrected chi connectivity index (χ1v) is 4.38. The number of non-ortho nitro benzene ring substituents is 1. The fraction of sp³-hybridized carbons (Fsp3) is 0.300. The maximum absolute atomic E-state index is 10.4. The van der Waals surface area contributed by atoms with Crippen molar-refractivity contribution in [1.82, 2.24) is 0 Å². The van der Waals surface area contributed by atoms with Crippen molar-refractivity contribution in [1.29, 1.82) is 0 Å². The van der Waals surface area contributed by atoms with Gasteiger partial charge in [-0.1, -0.05) is 19.1 Å². The zero-order valence-corrected chi connectivity index (χ0v) is 8.17. The van der Waals surface area contributed by atoms with Crippen molar-refractivity contribution in [2.24, 2.45) is 0 Å². The second-order valence-corrected chi connectivity index (χ2v) is 3.14. The van der Waals surface area contributed by atoms with Crippen LogP contribution in [-0.2, 0) is 9.53 Å². The number of nitrogens with zero attached hydrogens (tertiary/aromatic N) is 1. The van der Waals surface area contributed by atoms with Gasteiger partial charge in [-0.2, -0.15) is 0 Å². The van der Waals surface area contributed by atoms with E-state index in [1.165, 1.54) is 18.6 Å². The maximum atomic E-state index is 10.4. The summed E-state index contributed by atoms with van der Waals surface area (Å²) in [6, 6.07) is 6.15. The summed E-state index contributed by atoms with van der Waals surface area (Å²) in [4.78, 5) is 19.8. The van der Waals surface area contributed by atoms with E-state index in [1.807, 2.05) is 6.92 Å². The summed E-state index contributed by atoms with van der Waals surface area (Å²) in [6.07, 6.45) is 0. The van der Waals surface area contributed by atoms with Crippen molar-refractivity contribution >= 4 is 12.2 Å². The summed E-state index contributed by atoms with van der Waals surface area (Å²) in [5, 5.41) is 10.4. The van der Waals surface area contributed by atoms with Gasteiger partial charge in [-0.25, -0.2) is 4.79 Å².